The van der Waals surface area contributed by atoms with E-state index in [9.17, 15) is 5.11 Å². The van der Waals surface area contributed by atoms with Crippen molar-refractivity contribution >= 4 is 5.69 Å². The van der Waals surface area contributed by atoms with E-state index in [0.717, 1.165) is 36.6 Å². The summed E-state index contributed by atoms with van der Waals surface area (Å²) in [4.78, 5) is 2.16. The number of benzene rings is 2. The van der Waals surface area contributed by atoms with Crippen LogP contribution in [-0.2, 0) is 12.1 Å². The Morgan fingerprint density at radius 3 is 2.79 bits per heavy atom. The Hall–Kier alpha value is -2.76. The topological polar surface area (TPSA) is 49.7 Å². The molecule has 1 aromatic heterocycles. The van der Waals surface area contributed by atoms with Gasteiger partial charge in [-0.1, -0.05) is 30.3 Å². The molecule has 5 rings (SSSR count). The van der Waals surface area contributed by atoms with Gasteiger partial charge < -0.3 is 19.7 Å². The van der Waals surface area contributed by atoms with Crippen LogP contribution in [-0.4, -0.2) is 34.5 Å². The second-order valence-corrected chi connectivity index (χ2v) is 7.74. The second-order valence-electron chi connectivity index (χ2n) is 7.74. The maximum atomic E-state index is 11.0. The smallest absolute Gasteiger partial charge is 0.121 e. The minimum atomic E-state index is -0.503. The maximum Gasteiger partial charge on any atom is 0.121 e. The number of aliphatic hydroxyl groups is 1. The molecule has 2 N–H and O–H groups in total. The van der Waals surface area contributed by atoms with Crippen LogP contribution in [0, 0.1) is 0 Å². The number of anilines is 1. The number of hydrogen-bond donors (Lipinski definition) is 2. The molecular formula is C23H25N3O2. The first-order chi connectivity index (χ1) is 13.7. The van der Waals surface area contributed by atoms with Crippen molar-refractivity contribution in [1.82, 2.24) is 9.47 Å². The molecule has 1 spiro atoms. The lowest BCUT2D eigenvalue weighted by molar-refractivity contribution is -0.0529. The molecule has 0 saturated carbocycles. The van der Waals surface area contributed by atoms with Crippen molar-refractivity contribution in [3.8, 4) is 11.4 Å². The van der Waals surface area contributed by atoms with Crippen LogP contribution in [0.2, 0.25) is 0 Å². The van der Waals surface area contributed by atoms with Crippen LogP contribution in [0.15, 0.2) is 66.9 Å². The van der Waals surface area contributed by atoms with Gasteiger partial charge in [-0.25, -0.2) is 0 Å². The molecule has 0 amide bonds. The zero-order chi connectivity index (χ0) is 19.1. The van der Waals surface area contributed by atoms with Crippen molar-refractivity contribution in [2.75, 3.05) is 19.0 Å². The minimum Gasteiger partial charge on any atom is -0.497 e. The summed E-state index contributed by atoms with van der Waals surface area (Å²) < 4.78 is 7.66. The number of rotatable bonds is 3. The van der Waals surface area contributed by atoms with Crippen LogP contribution in [0.4, 0.5) is 5.69 Å². The lowest BCUT2D eigenvalue weighted by atomic mass is 9.81. The molecule has 2 aliphatic heterocycles. The van der Waals surface area contributed by atoms with Crippen molar-refractivity contribution in [2.24, 2.45) is 0 Å². The van der Waals surface area contributed by atoms with E-state index in [0.29, 0.717) is 6.42 Å². The minimum absolute atomic E-state index is 0.282. The first-order valence-corrected chi connectivity index (χ1v) is 9.79. The van der Waals surface area contributed by atoms with Crippen molar-refractivity contribution < 1.29 is 9.84 Å². The highest BCUT2D eigenvalue weighted by Gasteiger charge is 2.44. The third-order valence-electron chi connectivity index (χ3n) is 6.08. The van der Waals surface area contributed by atoms with Gasteiger partial charge >= 0.3 is 0 Å². The fourth-order valence-electron chi connectivity index (χ4n) is 4.63. The number of piperidine rings is 1. The number of likely N-dealkylation sites (tertiary alicyclic amines) is 1. The quantitative estimate of drug-likeness (QED) is 0.733. The molecule has 2 aromatic carbocycles. The van der Waals surface area contributed by atoms with Crippen molar-refractivity contribution in [3.05, 3.63) is 78.1 Å². The molecule has 1 saturated heterocycles. The van der Waals surface area contributed by atoms with Gasteiger partial charge in [0, 0.05) is 37.5 Å². The molecule has 5 heteroatoms. The Morgan fingerprint density at radius 1 is 1.14 bits per heavy atom. The molecular weight excluding hydrogens is 350 g/mol. The van der Waals surface area contributed by atoms with Crippen molar-refractivity contribution in [1.29, 1.82) is 0 Å². The van der Waals surface area contributed by atoms with Gasteiger partial charge in [0.1, 0.15) is 12.0 Å². The summed E-state index contributed by atoms with van der Waals surface area (Å²) in [5, 5.41) is 14.8. The summed E-state index contributed by atoms with van der Waals surface area (Å²) in [6.07, 6.45) is 3.17. The predicted octanol–water partition coefficient (Wildman–Crippen LogP) is 3.72. The summed E-state index contributed by atoms with van der Waals surface area (Å²) in [6.45, 7) is 1.59. The Balaban J connectivity index is 1.45. The number of aromatic nitrogens is 1. The number of ether oxygens (including phenoxy) is 1. The van der Waals surface area contributed by atoms with E-state index < -0.39 is 6.23 Å². The summed E-state index contributed by atoms with van der Waals surface area (Å²) >= 11 is 0. The van der Waals surface area contributed by atoms with Crippen LogP contribution < -0.4 is 10.1 Å². The number of fused-ring (bicyclic) bond motifs is 4. The molecule has 2 atom stereocenters. The van der Waals surface area contributed by atoms with Gasteiger partial charge in [-0.2, -0.15) is 0 Å². The summed E-state index contributed by atoms with van der Waals surface area (Å²) in [6, 6.07) is 20.7. The Kier molecular flexibility index (Phi) is 4.14. The van der Waals surface area contributed by atoms with E-state index in [-0.39, 0.29) is 5.54 Å². The van der Waals surface area contributed by atoms with Crippen LogP contribution in [0.3, 0.4) is 0 Å². The molecule has 2 aliphatic rings. The van der Waals surface area contributed by atoms with Crippen LogP contribution in [0.5, 0.6) is 5.75 Å². The Bertz CT molecular complexity index is 985. The van der Waals surface area contributed by atoms with Gasteiger partial charge in [0.2, 0.25) is 0 Å². The number of hydrogen-bond acceptors (Lipinski definition) is 4. The van der Waals surface area contributed by atoms with Crippen molar-refractivity contribution in [2.45, 2.75) is 31.2 Å². The molecule has 28 heavy (non-hydrogen) atoms. The van der Waals surface area contributed by atoms with Crippen LogP contribution >= 0.6 is 0 Å². The van der Waals surface area contributed by atoms with Gasteiger partial charge in [0.15, 0.2) is 0 Å². The van der Waals surface area contributed by atoms with Gasteiger partial charge in [-0.3, -0.25) is 4.90 Å². The lowest BCUT2D eigenvalue weighted by Gasteiger charge is -2.48. The lowest BCUT2D eigenvalue weighted by Crippen LogP contribution is -2.53. The van der Waals surface area contributed by atoms with Gasteiger partial charge in [-0.05, 0) is 36.2 Å². The summed E-state index contributed by atoms with van der Waals surface area (Å²) in [5.41, 5.74) is 4.32. The zero-order valence-electron chi connectivity index (χ0n) is 16.0. The van der Waals surface area contributed by atoms with E-state index in [2.05, 4.69) is 51.3 Å². The Labute approximate surface area is 165 Å². The first kappa shape index (κ1) is 17.3. The third-order valence-corrected chi connectivity index (χ3v) is 6.08. The number of nitrogens with zero attached hydrogens (tertiary/aromatic N) is 2. The summed E-state index contributed by atoms with van der Waals surface area (Å²) in [5.74, 6) is 0.832. The normalized spacial score (nSPS) is 23.7. The van der Waals surface area contributed by atoms with Gasteiger partial charge in [0.05, 0.1) is 24.0 Å². The monoisotopic (exact) mass is 375 g/mol. The van der Waals surface area contributed by atoms with Gasteiger partial charge in [0.25, 0.3) is 0 Å². The first-order valence-electron chi connectivity index (χ1n) is 9.79. The highest BCUT2D eigenvalue weighted by atomic mass is 16.5. The molecule has 0 aliphatic carbocycles. The van der Waals surface area contributed by atoms with Crippen molar-refractivity contribution in [3.63, 3.8) is 0 Å². The average molecular weight is 375 g/mol. The molecule has 0 radical (unpaired) electrons. The largest absolute Gasteiger partial charge is 0.497 e. The highest BCUT2D eigenvalue weighted by Crippen LogP contribution is 2.45. The standard InChI is InChI=1S/C23H25N3O2/c1-28-18-9-10-20-19(14-18)24-23(21-8-5-12-26(20)21)11-13-25(22(27)15-23)16-17-6-3-2-4-7-17/h2-10,12,14,22,24,27H,11,13,15-16H2,1H3. The SMILES string of the molecule is COc1ccc2c(c1)NC1(CCN(Cc3ccccc3)C(O)C1)c1cccn1-2. The third kappa shape index (κ3) is 2.79. The van der Waals surface area contributed by atoms with E-state index in [1.54, 1.807) is 7.11 Å². The summed E-state index contributed by atoms with van der Waals surface area (Å²) in [7, 11) is 1.69. The predicted molar refractivity (Wildman–Crippen MR) is 110 cm³/mol. The molecule has 3 heterocycles. The zero-order valence-corrected chi connectivity index (χ0v) is 16.0. The average Bonchev–Trinajstić information content (AvgIpc) is 3.22. The molecule has 0 bridgehead atoms. The number of methoxy groups -OCH3 is 1. The molecule has 1 fully saturated rings. The van der Waals surface area contributed by atoms with E-state index >= 15 is 0 Å². The molecule has 5 nitrogen and oxygen atoms in total. The molecule has 2 unspecified atom stereocenters. The van der Waals surface area contributed by atoms with Crippen LogP contribution in [0.25, 0.3) is 5.69 Å². The fraction of sp³-hybridized carbons (Fsp3) is 0.304. The van der Waals surface area contributed by atoms with Gasteiger partial charge in [-0.15, -0.1) is 0 Å². The number of aliphatic hydroxyl groups excluding tert-OH is 1. The van der Waals surface area contributed by atoms with E-state index in [4.69, 9.17) is 4.74 Å². The van der Waals surface area contributed by atoms with E-state index in [1.807, 2.05) is 30.3 Å². The molecule has 144 valence electrons. The molecule has 3 aromatic rings. The highest BCUT2D eigenvalue weighted by molar-refractivity contribution is 5.69. The Morgan fingerprint density at radius 2 is 2.00 bits per heavy atom. The second kappa shape index (κ2) is 6.69. The number of nitrogens with one attached hydrogen (secondary N) is 1. The van der Waals surface area contributed by atoms with E-state index in [1.165, 1.54) is 11.3 Å². The van der Waals surface area contributed by atoms with Crippen LogP contribution in [0.1, 0.15) is 24.1 Å². The fourth-order valence-corrected chi connectivity index (χ4v) is 4.63. The maximum absolute atomic E-state index is 11.0.